The normalized spacial score (nSPS) is 17.0. The van der Waals surface area contributed by atoms with Crippen LogP contribution in [0.3, 0.4) is 0 Å². The first-order valence-corrected chi connectivity index (χ1v) is 10.8. The predicted octanol–water partition coefficient (Wildman–Crippen LogP) is 3.21. The van der Waals surface area contributed by atoms with Crippen molar-refractivity contribution in [3.05, 3.63) is 69.8 Å². The van der Waals surface area contributed by atoms with Gasteiger partial charge in [-0.1, -0.05) is 18.2 Å². The Bertz CT molecular complexity index is 1070. The van der Waals surface area contributed by atoms with E-state index in [1.54, 1.807) is 11.1 Å². The second kappa shape index (κ2) is 7.99. The van der Waals surface area contributed by atoms with E-state index in [4.69, 9.17) is 0 Å². The lowest BCUT2D eigenvalue weighted by Crippen LogP contribution is -2.43. The molecule has 1 aliphatic heterocycles. The van der Waals surface area contributed by atoms with Gasteiger partial charge in [0.05, 0.1) is 10.9 Å². The van der Waals surface area contributed by atoms with Crippen LogP contribution in [-0.2, 0) is 19.3 Å². The van der Waals surface area contributed by atoms with E-state index in [1.807, 2.05) is 24.3 Å². The molecule has 29 heavy (non-hydrogen) atoms. The number of hydrogen-bond acceptors (Lipinski definition) is 4. The molecule has 0 unspecified atom stereocenters. The molecule has 5 nitrogen and oxygen atoms in total. The van der Waals surface area contributed by atoms with Gasteiger partial charge in [-0.15, -0.1) is 0 Å². The van der Waals surface area contributed by atoms with Crippen LogP contribution in [0.1, 0.15) is 36.2 Å². The molecule has 0 spiro atoms. The molecule has 0 atom stereocenters. The zero-order chi connectivity index (χ0) is 19.6. The fourth-order valence-electron chi connectivity index (χ4n) is 4.74. The van der Waals surface area contributed by atoms with Crippen LogP contribution in [0.4, 0.5) is 5.69 Å². The van der Waals surface area contributed by atoms with E-state index < -0.39 is 0 Å². The molecule has 2 aliphatic rings. The van der Waals surface area contributed by atoms with Crippen LogP contribution in [0.25, 0.3) is 10.9 Å². The summed E-state index contributed by atoms with van der Waals surface area (Å²) in [6.45, 7) is 3.04. The molecule has 2 aromatic carbocycles. The highest BCUT2D eigenvalue weighted by Gasteiger charge is 2.20. The first-order chi connectivity index (χ1) is 14.3. The van der Waals surface area contributed by atoms with Gasteiger partial charge in [0.15, 0.2) is 0 Å². The molecule has 1 saturated heterocycles. The number of nitrogens with zero attached hydrogens (tertiary/aromatic N) is 2. The number of rotatable bonds is 5. The van der Waals surface area contributed by atoms with Crippen molar-refractivity contribution in [2.75, 3.05) is 24.5 Å². The summed E-state index contributed by atoms with van der Waals surface area (Å²) in [6.07, 6.45) is 6.84. The lowest BCUT2D eigenvalue weighted by atomic mass is 10.0. The maximum absolute atomic E-state index is 12.2. The quantitative estimate of drug-likeness (QED) is 0.705. The van der Waals surface area contributed by atoms with Crippen LogP contribution in [0, 0.1) is 0 Å². The topological polar surface area (TPSA) is 61.0 Å². The second-order valence-electron chi connectivity index (χ2n) is 8.30. The van der Waals surface area contributed by atoms with Crippen molar-refractivity contribution in [3.63, 3.8) is 0 Å². The third-order valence-electron chi connectivity index (χ3n) is 6.40. The molecule has 1 fully saturated rings. The zero-order valence-corrected chi connectivity index (χ0v) is 16.8. The molecule has 1 aliphatic carbocycles. The average molecular weight is 389 g/mol. The highest BCUT2D eigenvalue weighted by Crippen LogP contribution is 2.28. The smallest absolute Gasteiger partial charge is 0.258 e. The molecule has 2 heterocycles. The maximum Gasteiger partial charge on any atom is 0.258 e. The number of aryl methyl sites for hydroxylation is 2. The Labute approximate surface area is 171 Å². The standard InChI is InChI=1S/C24H28N4O/c29-24-21-6-1-2-7-22(21)26-23(27-24)10-13-25-19-11-14-28(15-12-19)20-9-8-17-4-3-5-18(17)16-20/h1-2,6-9,16,19,25H,3-5,10-15H2,(H,26,27,29). The minimum absolute atomic E-state index is 0.0479. The zero-order valence-electron chi connectivity index (χ0n) is 16.8. The summed E-state index contributed by atoms with van der Waals surface area (Å²) in [7, 11) is 0. The Hall–Kier alpha value is -2.66. The van der Waals surface area contributed by atoms with Crippen molar-refractivity contribution in [3.8, 4) is 0 Å². The number of anilines is 1. The average Bonchev–Trinajstić information content (AvgIpc) is 3.22. The van der Waals surface area contributed by atoms with Crippen molar-refractivity contribution in [2.45, 2.75) is 44.6 Å². The minimum Gasteiger partial charge on any atom is -0.371 e. The fourth-order valence-corrected chi connectivity index (χ4v) is 4.74. The molecule has 5 rings (SSSR count). The summed E-state index contributed by atoms with van der Waals surface area (Å²) in [5, 5.41) is 4.32. The lowest BCUT2D eigenvalue weighted by Gasteiger charge is -2.34. The molecule has 150 valence electrons. The Morgan fingerprint density at radius 2 is 1.90 bits per heavy atom. The Morgan fingerprint density at radius 1 is 1.07 bits per heavy atom. The van der Waals surface area contributed by atoms with Crippen LogP contribution in [-0.4, -0.2) is 35.6 Å². The van der Waals surface area contributed by atoms with Crippen molar-refractivity contribution in [1.82, 2.24) is 15.3 Å². The number of fused-ring (bicyclic) bond motifs is 2. The number of para-hydroxylation sites is 1. The van der Waals surface area contributed by atoms with E-state index in [0.717, 1.165) is 50.2 Å². The number of piperidine rings is 1. The third kappa shape index (κ3) is 3.92. The van der Waals surface area contributed by atoms with E-state index in [2.05, 4.69) is 38.4 Å². The number of benzene rings is 2. The first kappa shape index (κ1) is 18.4. The molecular weight excluding hydrogens is 360 g/mol. The number of H-pyrrole nitrogens is 1. The van der Waals surface area contributed by atoms with Gasteiger partial charge < -0.3 is 15.2 Å². The van der Waals surface area contributed by atoms with Gasteiger partial charge in [0, 0.05) is 37.8 Å². The second-order valence-corrected chi connectivity index (χ2v) is 8.30. The molecular formula is C24H28N4O. The molecule has 1 aromatic heterocycles. The molecule has 0 radical (unpaired) electrons. The van der Waals surface area contributed by atoms with Gasteiger partial charge >= 0.3 is 0 Å². The predicted molar refractivity (Wildman–Crippen MR) is 118 cm³/mol. The number of aromatic nitrogens is 2. The van der Waals surface area contributed by atoms with E-state index in [1.165, 1.54) is 24.9 Å². The number of nitrogens with one attached hydrogen (secondary N) is 2. The van der Waals surface area contributed by atoms with Crippen molar-refractivity contribution in [1.29, 1.82) is 0 Å². The highest BCUT2D eigenvalue weighted by atomic mass is 16.1. The van der Waals surface area contributed by atoms with E-state index in [9.17, 15) is 4.79 Å². The third-order valence-corrected chi connectivity index (χ3v) is 6.40. The molecule has 2 N–H and O–H groups in total. The fraction of sp³-hybridized carbons (Fsp3) is 0.417. The minimum atomic E-state index is -0.0479. The summed E-state index contributed by atoms with van der Waals surface area (Å²) in [5.74, 6) is 0.761. The summed E-state index contributed by atoms with van der Waals surface area (Å²) < 4.78 is 0. The maximum atomic E-state index is 12.2. The van der Waals surface area contributed by atoms with Crippen molar-refractivity contribution >= 4 is 16.6 Å². The van der Waals surface area contributed by atoms with Crippen LogP contribution in [0.2, 0.25) is 0 Å². The van der Waals surface area contributed by atoms with E-state index >= 15 is 0 Å². The van der Waals surface area contributed by atoms with Gasteiger partial charge in [0.2, 0.25) is 0 Å². The monoisotopic (exact) mass is 388 g/mol. The van der Waals surface area contributed by atoms with Gasteiger partial charge in [0.25, 0.3) is 5.56 Å². The van der Waals surface area contributed by atoms with Gasteiger partial charge in [-0.05, 0) is 67.5 Å². The van der Waals surface area contributed by atoms with Gasteiger partial charge in [-0.25, -0.2) is 4.98 Å². The molecule has 5 heteroatoms. The summed E-state index contributed by atoms with van der Waals surface area (Å²) in [4.78, 5) is 22.2. The Balaban J connectivity index is 1.13. The van der Waals surface area contributed by atoms with Crippen molar-refractivity contribution < 1.29 is 0 Å². The van der Waals surface area contributed by atoms with E-state index in [-0.39, 0.29) is 5.56 Å². The molecule has 0 bridgehead atoms. The molecule has 0 amide bonds. The van der Waals surface area contributed by atoms with Gasteiger partial charge in [0.1, 0.15) is 5.82 Å². The first-order valence-electron chi connectivity index (χ1n) is 10.8. The largest absolute Gasteiger partial charge is 0.371 e. The molecule has 0 saturated carbocycles. The Morgan fingerprint density at radius 3 is 2.79 bits per heavy atom. The van der Waals surface area contributed by atoms with E-state index in [0.29, 0.717) is 11.4 Å². The summed E-state index contributed by atoms with van der Waals surface area (Å²) in [5.41, 5.74) is 5.22. The highest BCUT2D eigenvalue weighted by molar-refractivity contribution is 5.77. The number of aromatic amines is 1. The van der Waals surface area contributed by atoms with Gasteiger partial charge in [-0.3, -0.25) is 4.79 Å². The number of hydrogen-bond donors (Lipinski definition) is 2. The lowest BCUT2D eigenvalue weighted by molar-refractivity contribution is 0.416. The van der Waals surface area contributed by atoms with Crippen LogP contribution in [0.15, 0.2) is 47.3 Å². The Kier molecular flexibility index (Phi) is 5.06. The van der Waals surface area contributed by atoms with Crippen molar-refractivity contribution in [2.24, 2.45) is 0 Å². The molecule has 3 aromatic rings. The van der Waals surface area contributed by atoms with Crippen LogP contribution >= 0.6 is 0 Å². The van der Waals surface area contributed by atoms with Crippen LogP contribution < -0.4 is 15.8 Å². The summed E-state index contributed by atoms with van der Waals surface area (Å²) in [6, 6.07) is 15.1. The summed E-state index contributed by atoms with van der Waals surface area (Å²) >= 11 is 0. The van der Waals surface area contributed by atoms with Crippen LogP contribution in [0.5, 0.6) is 0 Å². The SMILES string of the molecule is O=c1[nH]c(CCNC2CCN(c3ccc4c(c3)CCC4)CC2)nc2ccccc12. The van der Waals surface area contributed by atoms with Gasteiger partial charge in [-0.2, -0.15) is 0 Å².